The van der Waals surface area contributed by atoms with E-state index in [9.17, 15) is 26.3 Å². The molecule has 0 spiro atoms. The van der Waals surface area contributed by atoms with Gasteiger partial charge in [0.05, 0.1) is 11.3 Å². The molecule has 12 nitrogen and oxygen atoms in total. The highest BCUT2D eigenvalue weighted by Crippen LogP contribution is 2.31. The molecule has 0 bridgehead atoms. The van der Waals surface area contributed by atoms with Crippen molar-refractivity contribution < 1.29 is 50.7 Å². The van der Waals surface area contributed by atoms with Crippen molar-refractivity contribution in [2.45, 2.75) is 19.3 Å². The molecule has 0 aliphatic heterocycles. The van der Waals surface area contributed by atoms with Gasteiger partial charge in [-0.25, -0.2) is 24.2 Å². The van der Waals surface area contributed by atoms with Gasteiger partial charge in [0.1, 0.15) is 29.9 Å². The minimum absolute atomic E-state index is 0.706. The Kier molecular flexibility index (Phi) is 10.3. The molecule has 0 amide bonds. The van der Waals surface area contributed by atoms with E-state index in [4.69, 9.17) is 24.3 Å². The van der Waals surface area contributed by atoms with Gasteiger partial charge in [0.15, 0.2) is 0 Å². The number of carbonyl (C=O) groups is 2. The van der Waals surface area contributed by atoms with Crippen molar-refractivity contribution in [3.63, 3.8) is 0 Å². The molecular formula is C26H19F6N7O5. The Morgan fingerprint density at radius 3 is 2.05 bits per heavy atom. The van der Waals surface area contributed by atoms with E-state index in [2.05, 4.69) is 30.5 Å². The van der Waals surface area contributed by atoms with Gasteiger partial charge in [-0.15, -0.1) is 0 Å². The fraction of sp³-hybridized carbons (Fsp3) is 0.115. The second-order valence-corrected chi connectivity index (χ2v) is 8.26. The molecule has 230 valence electrons. The number of halogens is 6. The lowest BCUT2D eigenvalue weighted by Crippen LogP contribution is -2.21. The van der Waals surface area contributed by atoms with Gasteiger partial charge in [0, 0.05) is 35.4 Å². The van der Waals surface area contributed by atoms with Gasteiger partial charge in [-0.3, -0.25) is 4.98 Å². The molecule has 5 aromatic rings. The first-order valence-corrected chi connectivity index (χ1v) is 11.8. The van der Waals surface area contributed by atoms with Gasteiger partial charge in [0.25, 0.3) is 0 Å². The van der Waals surface area contributed by atoms with Crippen LogP contribution in [0.15, 0.2) is 84.2 Å². The average molecular weight is 623 g/mol. The molecule has 0 aliphatic carbocycles. The number of aliphatic carboxylic acids is 2. The van der Waals surface area contributed by atoms with Crippen LogP contribution in [-0.2, 0) is 9.59 Å². The molecule has 5 rings (SSSR count). The van der Waals surface area contributed by atoms with Gasteiger partial charge in [-0.2, -0.15) is 31.4 Å². The van der Waals surface area contributed by atoms with Crippen LogP contribution in [0.2, 0.25) is 0 Å². The smallest absolute Gasteiger partial charge is 0.475 e. The third-order valence-electron chi connectivity index (χ3n) is 5.07. The van der Waals surface area contributed by atoms with Crippen LogP contribution in [0.5, 0.6) is 0 Å². The maximum Gasteiger partial charge on any atom is 0.490 e. The maximum absolute atomic E-state index is 10.6. The second-order valence-electron chi connectivity index (χ2n) is 8.26. The molecule has 4 aromatic heterocycles. The van der Waals surface area contributed by atoms with Gasteiger partial charge < -0.3 is 20.1 Å². The zero-order valence-corrected chi connectivity index (χ0v) is 22.1. The molecule has 3 N–H and O–H groups in total. The number of rotatable bonds is 5. The van der Waals surface area contributed by atoms with Crippen molar-refractivity contribution in [2.75, 3.05) is 5.32 Å². The van der Waals surface area contributed by atoms with E-state index >= 15 is 0 Å². The number of aryl methyl sites for hydroxylation is 1. The normalized spacial score (nSPS) is 11.0. The van der Waals surface area contributed by atoms with Crippen LogP contribution in [0.3, 0.4) is 0 Å². The summed E-state index contributed by atoms with van der Waals surface area (Å²) in [5.41, 5.74) is 5.31. The molecule has 44 heavy (non-hydrogen) atoms. The van der Waals surface area contributed by atoms with Crippen LogP contribution in [-0.4, -0.2) is 64.4 Å². The number of alkyl halides is 6. The molecule has 0 atom stereocenters. The molecule has 0 saturated heterocycles. The van der Waals surface area contributed by atoms with E-state index in [0.717, 1.165) is 39.6 Å². The number of benzene rings is 1. The number of pyridine rings is 2. The van der Waals surface area contributed by atoms with Crippen LogP contribution >= 0.6 is 0 Å². The summed E-state index contributed by atoms with van der Waals surface area (Å²) in [5.74, 6) is -4.08. The highest BCUT2D eigenvalue weighted by atomic mass is 19.4. The summed E-state index contributed by atoms with van der Waals surface area (Å²) in [6.45, 7) is 1.86. The number of hydrogen-bond acceptors (Lipinski definition) is 9. The number of carboxylic acids is 2. The first-order chi connectivity index (χ1) is 20.6. The quantitative estimate of drug-likeness (QED) is 0.205. The molecule has 0 saturated carbocycles. The molecule has 1 aromatic carbocycles. The molecule has 0 aliphatic rings. The average Bonchev–Trinajstić information content (AvgIpc) is 3.63. The van der Waals surface area contributed by atoms with Crippen molar-refractivity contribution in [2.24, 2.45) is 0 Å². The summed E-state index contributed by atoms with van der Waals surface area (Å²) in [4.78, 5) is 30.5. The Morgan fingerprint density at radius 2 is 1.52 bits per heavy atom. The standard InChI is InChI=1S/C22H17N7O.2C2HF3O2/c1-15-25-14-29(27-15)19-6-4-18(5-7-19)26-21-11-16(8-10-24-21)22-20(13-30-28-22)17-3-2-9-23-12-17;2*3-2(4,5)1(6)7/h2-14H,1H3,(H,24,26);2*(H,6,7). The number of anilines is 2. The highest BCUT2D eigenvalue weighted by molar-refractivity contribution is 5.80. The minimum atomic E-state index is -5.08. The number of nitrogens with zero attached hydrogens (tertiary/aromatic N) is 6. The van der Waals surface area contributed by atoms with Crippen molar-refractivity contribution in [1.29, 1.82) is 0 Å². The van der Waals surface area contributed by atoms with Gasteiger partial charge in [0.2, 0.25) is 0 Å². The van der Waals surface area contributed by atoms with E-state index in [1.807, 2.05) is 55.5 Å². The highest BCUT2D eigenvalue weighted by Gasteiger charge is 2.38. The van der Waals surface area contributed by atoms with Crippen LogP contribution in [0, 0.1) is 6.92 Å². The van der Waals surface area contributed by atoms with Crippen LogP contribution in [0.1, 0.15) is 5.82 Å². The summed E-state index contributed by atoms with van der Waals surface area (Å²) in [5, 5.41) is 26.1. The molecule has 18 heteroatoms. The summed E-state index contributed by atoms with van der Waals surface area (Å²) < 4.78 is 70.4. The largest absolute Gasteiger partial charge is 0.490 e. The number of nitrogens with one attached hydrogen (secondary N) is 1. The van der Waals surface area contributed by atoms with Crippen molar-refractivity contribution in [3.05, 3.63) is 85.5 Å². The van der Waals surface area contributed by atoms with Gasteiger partial charge in [-0.1, -0.05) is 11.2 Å². The zero-order chi connectivity index (χ0) is 32.5. The fourth-order valence-corrected chi connectivity index (χ4v) is 3.13. The molecular weight excluding hydrogens is 604 g/mol. The summed E-state index contributed by atoms with van der Waals surface area (Å²) in [7, 11) is 0. The predicted octanol–water partition coefficient (Wildman–Crippen LogP) is 5.70. The molecule has 4 heterocycles. The Balaban J connectivity index is 0.000000317. The van der Waals surface area contributed by atoms with Crippen LogP contribution < -0.4 is 5.32 Å². The third kappa shape index (κ3) is 9.36. The Hall–Kier alpha value is -5.81. The second kappa shape index (κ2) is 13.9. The predicted molar refractivity (Wildman–Crippen MR) is 140 cm³/mol. The van der Waals surface area contributed by atoms with Crippen molar-refractivity contribution >= 4 is 23.4 Å². The van der Waals surface area contributed by atoms with Gasteiger partial charge in [-0.05, 0) is 49.4 Å². The van der Waals surface area contributed by atoms with Crippen molar-refractivity contribution in [1.82, 2.24) is 29.9 Å². The van der Waals surface area contributed by atoms with E-state index in [1.165, 1.54) is 0 Å². The van der Waals surface area contributed by atoms with E-state index in [0.29, 0.717) is 5.82 Å². The monoisotopic (exact) mass is 623 g/mol. The van der Waals surface area contributed by atoms with Gasteiger partial charge >= 0.3 is 24.3 Å². The van der Waals surface area contributed by atoms with E-state index in [-0.39, 0.29) is 0 Å². The zero-order valence-electron chi connectivity index (χ0n) is 22.1. The Morgan fingerprint density at radius 1 is 0.886 bits per heavy atom. The van der Waals surface area contributed by atoms with E-state index in [1.54, 1.807) is 35.9 Å². The Bertz CT molecular complexity index is 1660. The summed E-state index contributed by atoms with van der Waals surface area (Å²) in [6.07, 6.45) is -1.58. The maximum atomic E-state index is 10.6. The summed E-state index contributed by atoms with van der Waals surface area (Å²) >= 11 is 0. The first-order valence-electron chi connectivity index (χ1n) is 11.8. The Labute approximate surface area is 242 Å². The third-order valence-corrected chi connectivity index (χ3v) is 5.07. The topological polar surface area (TPSA) is 169 Å². The van der Waals surface area contributed by atoms with Crippen molar-refractivity contribution in [3.8, 4) is 28.1 Å². The molecule has 0 unspecified atom stereocenters. The molecule has 0 fully saturated rings. The fourth-order valence-electron chi connectivity index (χ4n) is 3.13. The minimum Gasteiger partial charge on any atom is -0.475 e. The lowest BCUT2D eigenvalue weighted by Gasteiger charge is -2.08. The molecule has 0 radical (unpaired) electrons. The van der Waals surface area contributed by atoms with Crippen LogP contribution in [0.4, 0.5) is 37.8 Å². The number of hydrogen-bond donors (Lipinski definition) is 3. The number of carboxylic acid groups (broad SMARTS) is 2. The first kappa shape index (κ1) is 32.7. The summed E-state index contributed by atoms with van der Waals surface area (Å²) in [6, 6.07) is 15.6. The lowest BCUT2D eigenvalue weighted by atomic mass is 10.0. The van der Waals surface area contributed by atoms with E-state index < -0.39 is 24.3 Å². The number of aromatic nitrogens is 6. The lowest BCUT2D eigenvalue weighted by molar-refractivity contribution is -0.193. The van der Waals surface area contributed by atoms with Crippen LogP contribution in [0.25, 0.3) is 28.1 Å². The SMILES string of the molecule is Cc1ncn(-c2ccc(Nc3cc(-c4nocc4-c4cccnc4)ccn3)cc2)n1.O=C(O)C(F)(F)F.O=C(O)C(F)(F)F.